The number of nitrogen functional groups attached to an aromatic ring is 1. The Kier molecular flexibility index (Phi) is 4.86. The Morgan fingerprint density at radius 1 is 1.40 bits per heavy atom. The lowest BCUT2D eigenvalue weighted by atomic mass is 9.99. The first-order valence-corrected chi connectivity index (χ1v) is 7.55. The molecule has 0 radical (unpaired) electrons. The zero-order valence-electron chi connectivity index (χ0n) is 12.0. The standard InChI is InChI=1S/C15H21ClFN3/c1-3-5-6-10(4-2)9-20-14-7-11(16)12(17)8-13(14)19-15(20)18/h7-8,10H,3-6,9H2,1-2H3,(H2,18,19). The highest BCUT2D eigenvalue weighted by Crippen LogP contribution is 2.27. The zero-order chi connectivity index (χ0) is 14.7. The van der Waals surface area contributed by atoms with Crippen LogP contribution in [-0.2, 0) is 6.54 Å². The van der Waals surface area contributed by atoms with Gasteiger partial charge in [0.1, 0.15) is 5.82 Å². The number of imidazole rings is 1. The van der Waals surface area contributed by atoms with E-state index in [1.54, 1.807) is 6.07 Å². The molecule has 110 valence electrons. The number of halogens is 2. The van der Waals surface area contributed by atoms with E-state index in [-0.39, 0.29) is 5.02 Å². The predicted octanol–water partition coefficient (Wildman–Crippen LogP) is 4.63. The lowest BCUT2D eigenvalue weighted by Gasteiger charge is -2.16. The maximum Gasteiger partial charge on any atom is 0.201 e. The van der Waals surface area contributed by atoms with Crippen LogP contribution in [0.15, 0.2) is 12.1 Å². The number of rotatable bonds is 6. The van der Waals surface area contributed by atoms with Gasteiger partial charge in [0, 0.05) is 12.6 Å². The minimum Gasteiger partial charge on any atom is -0.369 e. The molecule has 20 heavy (non-hydrogen) atoms. The summed E-state index contributed by atoms with van der Waals surface area (Å²) < 4.78 is 15.4. The number of anilines is 1. The minimum atomic E-state index is -0.457. The monoisotopic (exact) mass is 297 g/mol. The zero-order valence-corrected chi connectivity index (χ0v) is 12.8. The van der Waals surface area contributed by atoms with Crippen molar-refractivity contribution in [3.05, 3.63) is 23.0 Å². The molecule has 0 fully saturated rings. The van der Waals surface area contributed by atoms with E-state index in [4.69, 9.17) is 17.3 Å². The molecule has 0 aliphatic carbocycles. The largest absolute Gasteiger partial charge is 0.369 e. The molecule has 0 aliphatic rings. The van der Waals surface area contributed by atoms with E-state index in [0.29, 0.717) is 17.4 Å². The molecule has 0 spiro atoms. The maximum absolute atomic E-state index is 13.5. The first-order valence-electron chi connectivity index (χ1n) is 7.17. The normalized spacial score (nSPS) is 13.0. The van der Waals surface area contributed by atoms with Crippen LogP contribution in [0.1, 0.15) is 39.5 Å². The Labute approximate surface area is 123 Å². The van der Waals surface area contributed by atoms with Gasteiger partial charge in [-0.1, -0.05) is 44.7 Å². The minimum absolute atomic E-state index is 0.111. The number of nitrogens with two attached hydrogens (primary N) is 1. The number of hydrogen-bond donors (Lipinski definition) is 1. The highest BCUT2D eigenvalue weighted by atomic mass is 35.5. The van der Waals surface area contributed by atoms with Crippen LogP contribution in [0.4, 0.5) is 10.3 Å². The van der Waals surface area contributed by atoms with E-state index in [0.717, 1.165) is 18.5 Å². The smallest absolute Gasteiger partial charge is 0.201 e. The van der Waals surface area contributed by atoms with Crippen LogP contribution in [0.25, 0.3) is 11.0 Å². The van der Waals surface area contributed by atoms with Crippen molar-refractivity contribution in [1.82, 2.24) is 9.55 Å². The van der Waals surface area contributed by atoms with Crippen LogP contribution in [0.2, 0.25) is 5.02 Å². The van der Waals surface area contributed by atoms with Gasteiger partial charge in [-0.3, -0.25) is 0 Å². The van der Waals surface area contributed by atoms with E-state index < -0.39 is 5.82 Å². The Balaban J connectivity index is 2.33. The van der Waals surface area contributed by atoms with E-state index >= 15 is 0 Å². The highest BCUT2D eigenvalue weighted by Gasteiger charge is 2.15. The summed E-state index contributed by atoms with van der Waals surface area (Å²) in [5, 5.41) is 0.111. The maximum atomic E-state index is 13.5. The van der Waals surface area contributed by atoms with Gasteiger partial charge in [0.05, 0.1) is 16.1 Å². The molecule has 1 heterocycles. The van der Waals surface area contributed by atoms with Gasteiger partial charge >= 0.3 is 0 Å². The van der Waals surface area contributed by atoms with Crippen molar-refractivity contribution in [3.63, 3.8) is 0 Å². The second-order valence-corrected chi connectivity index (χ2v) is 5.66. The molecule has 1 aromatic carbocycles. The van der Waals surface area contributed by atoms with Crippen molar-refractivity contribution in [2.75, 3.05) is 5.73 Å². The molecule has 5 heteroatoms. The summed E-state index contributed by atoms with van der Waals surface area (Å²) in [6, 6.07) is 2.96. The third kappa shape index (κ3) is 3.06. The number of fused-ring (bicyclic) bond motifs is 1. The first kappa shape index (κ1) is 15.1. The fraction of sp³-hybridized carbons (Fsp3) is 0.533. The van der Waals surface area contributed by atoms with Gasteiger partial charge in [0.25, 0.3) is 0 Å². The van der Waals surface area contributed by atoms with Gasteiger partial charge in [0.15, 0.2) is 0 Å². The molecule has 2 aromatic rings. The van der Waals surface area contributed by atoms with E-state index in [9.17, 15) is 4.39 Å². The lowest BCUT2D eigenvalue weighted by molar-refractivity contribution is 0.397. The molecule has 2 N–H and O–H groups in total. The van der Waals surface area contributed by atoms with Gasteiger partial charge in [0.2, 0.25) is 5.95 Å². The van der Waals surface area contributed by atoms with Gasteiger partial charge in [-0.05, 0) is 18.4 Å². The first-order chi connectivity index (χ1) is 9.56. The number of nitrogens with zero attached hydrogens (tertiary/aromatic N) is 2. The average molecular weight is 298 g/mol. The summed E-state index contributed by atoms with van der Waals surface area (Å²) in [6.45, 7) is 5.18. The fourth-order valence-electron chi connectivity index (χ4n) is 2.51. The van der Waals surface area contributed by atoms with Crippen molar-refractivity contribution in [1.29, 1.82) is 0 Å². The summed E-state index contributed by atoms with van der Waals surface area (Å²) in [6.07, 6.45) is 4.66. The molecular weight excluding hydrogens is 277 g/mol. The molecule has 1 unspecified atom stereocenters. The molecule has 0 saturated heterocycles. The summed E-state index contributed by atoms with van der Waals surface area (Å²) in [5.74, 6) is 0.525. The topological polar surface area (TPSA) is 43.8 Å². The molecule has 3 nitrogen and oxygen atoms in total. The van der Waals surface area contributed by atoms with Crippen LogP contribution in [0.3, 0.4) is 0 Å². The second kappa shape index (κ2) is 6.44. The van der Waals surface area contributed by atoms with Gasteiger partial charge in [-0.2, -0.15) is 0 Å². The highest BCUT2D eigenvalue weighted by molar-refractivity contribution is 6.31. The van der Waals surface area contributed by atoms with Crippen molar-refractivity contribution in [3.8, 4) is 0 Å². The molecule has 0 aliphatic heterocycles. The van der Waals surface area contributed by atoms with Crippen LogP contribution in [0.5, 0.6) is 0 Å². The quantitative estimate of drug-likeness (QED) is 0.845. The Bertz CT molecular complexity index is 594. The van der Waals surface area contributed by atoms with Crippen molar-refractivity contribution >= 4 is 28.6 Å². The summed E-state index contributed by atoms with van der Waals surface area (Å²) in [4.78, 5) is 4.22. The van der Waals surface area contributed by atoms with Gasteiger partial charge in [-0.25, -0.2) is 9.37 Å². The SMILES string of the molecule is CCCCC(CC)Cn1c(N)nc2cc(F)c(Cl)cc21. The van der Waals surface area contributed by atoms with Crippen LogP contribution in [-0.4, -0.2) is 9.55 Å². The number of hydrogen-bond acceptors (Lipinski definition) is 2. The van der Waals surface area contributed by atoms with Crippen LogP contribution >= 0.6 is 11.6 Å². The van der Waals surface area contributed by atoms with Gasteiger partial charge < -0.3 is 10.3 Å². The van der Waals surface area contributed by atoms with Crippen molar-refractivity contribution in [2.24, 2.45) is 5.92 Å². The molecule has 1 atom stereocenters. The van der Waals surface area contributed by atoms with Gasteiger partial charge in [-0.15, -0.1) is 0 Å². The van der Waals surface area contributed by atoms with E-state index in [1.165, 1.54) is 25.3 Å². The van der Waals surface area contributed by atoms with E-state index in [2.05, 4.69) is 18.8 Å². The lowest BCUT2D eigenvalue weighted by Crippen LogP contribution is -2.12. The third-order valence-corrected chi connectivity index (χ3v) is 4.09. The molecule has 1 aromatic heterocycles. The second-order valence-electron chi connectivity index (χ2n) is 5.25. The summed E-state index contributed by atoms with van der Waals surface area (Å²) >= 11 is 5.87. The molecular formula is C15H21ClFN3. The van der Waals surface area contributed by atoms with Crippen LogP contribution in [0, 0.1) is 11.7 Å². The Morgan fingerprint density at radius 3 is 2.80 bits per heavy atom. The van der Waals surface area contributed by atoms with E-state index in [1.807, 2.05) is 4.57 Å². The molecule has 0 bridgehead atoms. The number of unbranched alkanes of at least 4 members (excludes halogenated alkanes) is 1. The number of benzene rings is 1. The molecule has 0 amide bonds. The van der Waals surface area contributed by atoms with Crippen molar-refractivity contribution in [2.45, 2.75) is 46.1 Å². The number of aromatic nitrogens is 2. The molecule has 2 rings (SSSR count). The average Bonchev–Trinajstić information content (AvgIpc) is 2.71. The Hall–Kier alpha value is -1.29. The molecule has 0 saturated carbocycles. The summed E-state index contributed by atoms with van der Waals surface area (Å²) in [5.41, 5.74) is 7.35. The third-order valence-electron chi connectivity index (χ3n) is 3.80. The predicted molar refractivity (Wildman–Crippen MR) is 82.4 cm³/mol. The summed E-state index contributed by atoms with van der Waals surface area (Å²) in [7, 11) is 0. The Morgan fingerprint density at radius 2 is 2.15 bits per heavy atom. The van der Waals surface area contributed by atoms with Crippen molar-refractivity contribution < 1.29 is 4.39 Å². The van der Waals surface area contributed by atoms with Crippen LogP contribution < -0.4 is 5.73 Å². The fourth-order valence-corrected chi connectivity index (χ4v) is 2.66.